The van der Waals surface area contributed by atoms with Gasteiger partial charge in [-0.15, -0.1) is 0 Å². The van der Waals surface area contributed by atoms with Gasteiger partial charge in [-0.2, -0.15) is 9.78 Å². The molecule has 0 saturated carbocycles. The lowest BCUT2D eigenvalue weighted by Gasteiger charge is -1.99. The zero-order chi connectivity index (χ0) is 6.74. The molecular weight excluding hydrogens is 116 g/mol. The average molecular weight is 130 g/mol. The molecule has 1 fully saturated rings. The first-order chi connectivity index (χ1) is 4.33. The predicted octanol–water partition coefficient (Wildman–Crippen LogP) is 2.24. The van der Waals surface area contributed by atoms with Crippen LogP contribution in [0, 0.1) is 0 Å². The first kappa shape index (κ1) is 7.03. The second-order valence-electron chi connectivity index (χ2n) is 2.53. The molecule has 0 aromatic heterocycles. The highest BCUT2D eigenvalue weighted by Gasteiger charge is 2.45. The Morgan fingerprint density at radius 3 is 2.22 bits per heavy atom. The van der Waals surface area contributed by atoms with Gasteiger partial charge in [-0.25, -0.2) is 0 Å². The van der Waals surface area contributed by atoms with Crippen LogP contribution in [0.3, 0.4) is 0 Å². The Labute approximate surface area is 56.1 Å². The van der Waals surface area contributed by atoms with Gasteiger partial charge >= 0.3 is 0 Å². The molecule has 0 spiro atoms. The Balaban J connectivity index is 2.10. The van der Waals surface area contributed by atoms with E-state index in [9.17, 15) is 0 Å². The largest absolute Gasteiger partial charge is 0.234 e. The van der Waals surface area contributed by atoms with Crippen molar-refractivity contribution in [2.45, 2.75) is 45.3 Å². The topological polar surface area (TPSA) is 25.1 Å². The van der Waals surface area contributed by atoms with E-state index in [0.717, 1.165) is 12.8 Å². The second kappa shape index (κ2) is 2.67. The zero-order valence-electron chi connectivity index (χ0n) is 6.14. The van der Waals surface area contributed by atoms with Gasteiger partial charge in [0.15, 0.2) is 0 Å². The molecular formula is C7H14O2. The van der Waals surface area contributed by atoms with Crippen LogP contribution in [0.15, 0.2) is 0 Å². The summed E-state index contributed by atoms with van der Waals surface area (Å²) in [5, 5.41) is 0. The van der Waals surface area contributed by atoms with Crippen LogP contribution in [0.4, 0.5) is 0 Å². The molecule has 1 aliphatic heterocycles. The fourth-order valence-corrected chi connectivity index (χ4v) is 0.883. The molecule has 0 aromatic carbocycles. The lowest BCUT2D eigenvalue weighted by Crippen LogP contribution is -2.06. The van der Waals surface area contributed by atoms with Crippen LogP contribution in [-0.4, -0.2) is 5.79 Å². The average Bonchev–Trinajstić information content (AvgIpc) is 2.65. The van der Waals surface area contributed by atoms with Crippen molar-refractivity contribution in [3.63, 3.8) is 0 Å². The third-order valence-electron chi connectivity index (χ3n) is 1.77. The summed E-state index contributed by atoms with van der Waals surface area (Å²) in [6, 6.07) is 0. The zero-order valence-corrected chi connectivity index (χ0v) is 6.14. The minimum Gasteiger partial charge on any atom is -0.195 e. The molecule has 54 valence electrons. The molecule has 0 atom stereocenters. The molecule has 1 heterocycles. The number of hydrogen-bond donors (Lipinski definition) is 0. The summed E-state index contributed by atoms with van der Waals surface area (Å²) >= 11 is 0. The van der Waals surface area contributed by atoms with Crippen molar-refractivity contribution in [2.24, 2.45) is 0 Å². The van der Waals surface area contributed by atoms with Gasteiger partial charge in [0, 0.05) is 12.8 Å². The molecule has 2 heteroatoms. The first-order valence-corrected chi connectivity index (χ1v) is 3.70. The molecule has 1 aliphatic rings. The molecule has 0 unspecified atom stereocenters. The Hall–Kier alpha value is -0.0800. The van der Waals surface area contributed by atoms with Crippen molar-refractivity contribution in [3.05, 3.63) is 0 Å². The standard InChI is InChI=1S/C7H14O2/c1-3-5-6-7(4-2)8-9-7/h3-6H2,1-2H3. The van der Waals surface area contributed by atoms with Crippen LogP contribution in [-0.2, 0) is 9.78 Å². The number of unbranched alkanes of at least 4 members (excludes halogenated alkanes) is 1. The number of hydrogen-bond acceptors (Lipinski definition) is 2. The molecule has 0 amide bonds. The van der Waals surface area contributed by atoms with E-state index in [2.05, 4.69) is 13.8 Å². The fourth-order valence-electron chi connectivity index (χ4n) is 0.883. The Morgan fingerprint density at radius 1 is 1.22 bits per heavy atom. The SMILES string of the molecule is CCCCC1(CC)OO1. The normalized spacial score (nSPS) is 22.0. The van der Waals surface area contributed by atoms with Gasteiger partial charge in [0.1, 0.15) is 0 Å². The highest BCUT2D eigenvalue weighted by Crippen LogP contribution is 2.37. The number of rotatable bonds is 4. The van der Waals surface area contributed by atoms with E-state index in [0.29, 0.717) is 0 Å². The summed E-state index contributed by atoms with van der Waals surface area (Å²) in [5.74, 6) is -0.157. The van der Waals surface area contributed by atoms with Crippen molar-refractivity contribution in [3.8, 4) is 0 Å². The molecule has 0 bridgehead atoms. The van der Waals surface area contributed by atoms with Crippen LogP contribution in [0.25, 0.3) is 0 Å². The van der Waals surface area contributed by atoms with E-state index in [-0.39, 0.29) is 5.79 Å². The van der Waals surface area contributed by atoms with Gasteiger partial charge in [0.05, 0.1) is 0 Å². The maximum absolute atomic E-state index is 4.85. The first-order valence-electron chi connectivity index (χ1n) is 3.70. The van der Waals surface area contributed by atoms with Gasteiger partial charge in [0.25, 0.3) is 0 Å². The van der Waals surface area contributed by atoms with Crippen molar-refractivity contribution in [1.29, 1.82) is 0 Å². The lowest BCUT2D eigenvalue weighted by molar-refractivity contribution is 0.0850. The van der Waals surface area contributed by atoms with E-state index < -0.39 is 0 Å². The summed E-state index contributed by atoms with van der Waals surface area (Å²) in [7, 11) is 0. The monoisotopic (exact) mass is 130 g/mol. The summed E-state index contributed by atoms with van der Waals surface area (Å²) < 4.78 is 0. The fraction of sp³-hybridized carbons (Fsp3) is 1.00. The Morgan fingerprint density at radius 2 is 1.89 bits per heavy atom. The van der Waals surface area contributed by atoms with Crippen LogP contribution in [0.5, 0.6) is 0 Å². The highest BCUT2D eigenvalue weighted by atomic mass is 17.4. The van der Waals surface area contributed by atoms with Crippen molar-refractivity contribution >= 4 is 0 Å². The molecule has 0 aromatic rings. The lowest BCUT2D eigenvalue weighted by atomic mass is 10.1. The van der Waals surface area contributed by atoms with E-state index in [1.165, 1.54) is 12.8 Å². The van der Waals surface area contributed by atoms with Gasteiger partial charge in [-0.05, 0) is 6.42 Å². The van der Waals surface area contributed by atoms with Crippen molar-refractivity contribution < 1.29 is 9.78 Å². The smallest absolute Gasteiger partial charge is 0.195 e. The molecule has 1 rings (SSSR count). The van der Waals surface area contributed by atoms with Crippen LogP contribution in [0.1, 0.15) is 39.5 Å². The summed E-state index contributed by atoms with van der Waals surface area (Å²) in [5.41, 5.74) is 0. The van der Waals surface area contributed by atoms with Gasteiger partial charge in [-0.1, -0.05) is 20.3 Å². The van der Waals surface area contributed by atoms with Gasteiger partial charge < -0.3 is 0 Å². The van der Waals surface area contributed by atoms with E-state index in [1.807, 2.05) is 0 Å². The van der Waals surface area contributed by atoms with Crippen LogP contribution in [0.2, 0.25) is 0 Å². The summed E-state index contributed by atoms with van der Waals surface area (Å²) in [4.78, 5) is 9.69. The van der Waals surface area contributed by atoms with Gasteiger partial charge in [-0.3, -0.25) is 0 Å². The van der Waals surface area contributed by atoms with Gasteiger partial charge in [0.2, 0.25) is 5.79 Å². The maximum atomic E-state index is 4.85. The minimum atomic E-state index is -0.157. The van der Waals surface area contributed by atoms with E-state index >= 15 is 0 Å². The van der Waals surface area contributed by atoms with Crippen LogP contribution >= 0.6 is 0 Å². The Bertz CT molecular complexity index is 86.9. The molecule has 0 aliphatic carbocycles. The third kappa shape index (κ3) is 1.66. The molecule has 1 saturated heterocycles. The molecule has 2 nitrogen and oxygen atoms in total. The Kier molecular flexibility index (Phi) is 2.09. The molecule has 0 N–H and O–H groups in total. The maximum Gasteiger partial charge on any atom is 0.234 e. The minimum absolute atomic E-state index is 0.157. The second-order valence-corrected chi connectivity index (χ2v) is 2.53. The van der Waals surface area contributed by atoms with E-state index in [4.69, 9.17) is 9.78 Å². The third-order valence-corrected chi connectivity index (χ3v) is 1.77. The predicted molar refractivity (Wildman–Crippen MR) is 34.7 cm³/mol. The summed E-state index contributed by atoms with van der Waals surface area (Å²) in [6.45, 7) is 4.26. The molecule has 0 radical (unpaired) electrons. The summed E-state index contributed by atoms with van der Waals surface area (Å²) in [6.07, 6.45) is 4.45. The van der Waals surface area contributed by atoms with Crippen LogP contribution < -0.4 is 0 Å². The quantitative estimate of drug-likeness (QED) is 0.430. The highest BCUT2D eigenvalue weighted by molar-refractivity contribution is 4.70. The molecule has 9 heavy (non-hydrogen) atoms. The van der Waals surface area contributed by atoms with Crippen molar-refractivity contribution in [2.75, 3.05) is 0 Å². The van der Waals surface area contributed by atoms with Crippen molar-refractivity contribution in [1.82, 2.24) is 0 Å². The van der Waals surface area contributed by atoms with E-state index in [1.54, 1.807) is 0 Å².